The molecule has 3 nitrogen and oxygen atoms in total. The van der Waals surface area contributed by atoms with Crippen molar-refractivity contribution in [1.29, 1.82) is 0 Å². The quantitative estimate of drug-likeness (QED) is 0.815. The molecule has 0 saturated carbocycles. The highest BCUT2D eigenvalue weighted by atomic mass is 19.2. The Hall–Kier alpha value is -1.04. The molecule has 1 rings (SSSR count). The van der Waals surface area contributed by atoms with Gasteiger partial charge in [-0.25, -0.2) is 8.78 Å². The smallest absolute Gasteiger partial charge is 0.163 e. The number of ether oxygens (including phenoxy) is 2. The van der Waals surface area contributed by atoms with E-state index in [-0.39, 0.29) is 12.1 Å². The number of hydrogen-bond acceptors (Lipinski definition) is 3. The van der Waals surface area contributed by atoms with Crippen molar-refractivity contribution >= 4 is 0 Å². The minimum Gasteiger partial charge on any atom is -0.382 e. The average molecular weight is 259 g/mol. The number of rotatable bonds is 7. The molecule has 2 unspecified atom stereocenters. The fraction of sp³-hybridized carbons (Fsp3) is 0.538. The average Bonchev–Trinajstić information content (AvgIpc) is 2.37. The summed E-state index contributed by atoms with van der Waals surface area (Å²) in [5.74, 6) is -1.64. The van der Waals surface area contributed by atoms with Gasteiger partial charge in [-0.05, 0) is 13.0 Å². The van der Waals surface area contributed by atoms with E-state index in [9.17, 15) is 8.78 Å². The van der Waals surface area contributed by atoms with Gasteiger partial charge < -0.3 is 14.8 Å². The van der Waals surface area contributed by atoms with Crippen LogP contribution >= 0.6 is 0 Å². The summed E-state index contributed by atoms with van der Waals surface area (Å²) in [7, 11) is 3.17. The van der Waals surface area contributed by atoms with Crippen molar-refractivity contribution in [3.8, 4) is 0 Å². The Bertz CT molecular complexity index is 374. The van der Waals surface area contributed by atoms with Crippen LogP contribution in [-0.4, -0.2) is 33.5 Å². The van der Waals surface area contributed by atoms with Gasteiger partial charge in [0, 0.05) is 32.4 Å². The maximum atomic E-state index is 13.5. The van der Waals surface area contributed by atoms with Crippen LogP contribution in [0.25, 0.3) is 0 Å². The molecule has 0 radical (unpaired) electrons. The SMILES string of the molecule is COCC(CNC(C)c1cccc(F)c1F)OC. The van der Waals surface area contributed by atoms with Crippen LogP contribution in [0.3, 0.4) is 0 Å². The predicted octanol–water partition coefficient (Wildman–Crippen LogP) is 2.28. The second-order valence-electron chi connectivity index (χ2n) is 4.09. The van der Waals surface area contributed by atoms with E-state index in [0.717, 1.165) is 6.07 Å². The molecule has 0 aliphatic heterocycles. The van der Waals surface area contributed by atoms with Gasteiger partial charge in [0.05, 0.1) is 12.7 Å². The maximum Gasteiger partial charge on any atom is 0.163 e. The second kappa shape index (κ2) is 7.41. The molecular weight excluding hydrogens is 240 g/mol. The zero-order valence-electron chi connectivity index (χ0n) is 10.9. The Balaban J connectivity index is 2.59. The highest BCUT2D eigenvalue weighted by molar-refractivity contribution is 5.21. The lowest BCUT2D eigenvalue weighted by Crippen LogP contribution is -2.33. The molecular formula is C13H19F2NO2. The van der Waals surface area contributed by atoms with E-state index >= 15 is 0 Å². The van der Waals surface area contributed by atoms with Crippen LogP contribution in [0.15, 0.2) is 18.2 Å². The topological polar surface area (TPSA) is 30.5 Å². The Morgan fingerprint density at radius 1 is 1.28 bits per heavy atom. The summed E-state index contributed by atoms with van der Waals surface area (Å²) < 4.78 is 36.8. The van der Waals surface area contributed by atoms with Gasteiger partial charge in [0.1, 0.15) is 0 Å². The van der Waals surface area contributed by atoms with Gasteiger partial charge in [0.25, 0.3) is 0 Å². The number of hydrogen-bond donors (Lipinski definition) is 1. The fourth-order valence-corrected chi connectivity index (χ4v) is 1.67. The first-order valence-corrected chi connectivity index (χ1v) is 5.79. The van der Waals surface area contributed by atoms with E-state index in [1.165, 1.54) is 6.07 Å². The first-order valence-electron chi connectivity index (χ1n) is 5.79. The molecule has 18 heavy (non-hydrogen) atoms. The molecule has 0 heterocycles. The largest absolute Gasteiger partial charge is 0.382 e. The van der Waals surface area contributed by atoms with Crippen molar-refractivity contribution < 1.29 is 18.3 Å². The van der Waals surface area contributed by atoms with Crippen LogP contribution < -0.4 is 5.32 Å². The van der Waals surface area contributed by atoms with E-state index < -0.39 is 11.6 Å². The lowest BCUT2D eigenvalue weighted by molar-refractivity contribution is 0.0275. The first kappa shape index (κ1) is 15.0. The van der Waals surface area contributed by atoms with Crippen molar-refractivity contribution in [2.45, 2.75) is 19.1 Å². The van der Waals surface area contributed by atoms with Gasteiger partial charge in [0.15, 0.2) is 11.6 Å². The van der Waals surface area contributed by atoms with Gasteiger partial charge in [0.2, 0.25) is 0 Å². The summed E-state index contributed by atoms with van der Waals surface area (Å²) in [6.07, 6.45) is -0.117. The van der Waals surface area contributed by atoms with Crippen molar-refractivity contribution in [3.63, 3.8) is 0 Å². The van der Waals surface area contributed by atoms with E-state index in [1.807, 2.05) is 0 Å². The van der Waals surface area contributed by atoms with E-state index in [2.05, 4.69) is 5.32 Å². The molecule has 1 aromatic carbocycles. The number of nitrogens with one attached hydrogen (secondary N) is 1. The molecule has 0 aliphatic rings. The second-order valence-corrected chi connectivity index (χ2v) is 4.09. The van der Waals surface area contributed by atoms with Crippen molar-refractivity contribution in [2.24, 2.45) is 0 Å². The molecule has 0 amide bonds. The molecule has 102 valence electrons. The van der Waals surface area contributed by atoms with E-state index in [0.29, 0.717) is 18.7 Å². The molecule has 1 aromatic rings. The lowest BCUT2D eigenvalue weighted by Gasteiger charge is -2.20. The van der Waals surface area contributed by atoms with Crippen LogP contribution in [0.4, 0.5) is 8.78 Å². The molecule has 2 atom stereocenters. The Kier molecular flexibility index (Phi) is 6.18. The fourth-order valence-electron chi connectivity index (χ4n) is 1.67. The summed E-state index contributed by atoms with van der Waals surface area (Å²) in [5.41, 5.74) is 0.308. The summed E-state index contributed by atoms with van der Waals surface area (Å²) >= 11 is 0. The Morgan fingerprint density at radius 3 is 2.61 bits per heavy atom. The highest BCUT2D eigenvalue weighted by Gasteiger charge is 2.15. The normalized spacial score (nSPS) is 14.5. The van der Waals surface area contributed by atoms with Gasteiger partial charge in [-0.3, -0.25) is 0 Å². The number of halogens is 2. The van der Waals surface area contributed by atoms with Crippen LogP contribution in [0.2, 0.25) is 0 Å². The third-order valence-corrected chi connectivity index (χ3v) is 2.79. The molecule has 0 bridgehead atoms. The first-order chi connectivity index (χ1) is 8.60. The summed E-state index contributed by atoms with van der Waals surface area (Å²) in [4.78, 5) is 0. The van der Waals surface area contributed by atoms with Gasteiger partial charge in [-0.15, -0.1) is 0 Å². The van der Waals surface area contributed by atoms with E-state index in [4.69, 9.17) is 9.47 Å². The number of methoxy groups -OCH3 is 2. The van der Waals surface area contributed by atoms with Crippen LogP contribution in [0, 0.1) is 11.6 Å². The molecule has 0 fully saturated rings. The van der Waals surface area contributed by atoms with Gasteiger partial charge in [-0.2, -0.15) is 0 Å². The van der Waals surface area contributed by atoms with Crippen LogP contribution in [-0.2, 0) is 9.47 Å². The summed E-state index contributed by atoms with van der Waals surface area (Å²) in [6.45, 7) is 2.72. The highest BCUT2D eigenvalue weighted by Crippen LogP contribution is 2.18. The molecule has 0 saturated heterocycles. The maximum absolute atomic E-state index is 13.5. The molecule has 0 aliphatic carbocycles. The zero-order chi connectivity index (χ0) is 13.5. The standard InChI is InChI=1S/C13H19F2NO2/c1-9(16-7-10(18-3)8-17-2)11-5-4-6-12(14)13(11)15/h4-6,9-10,16H,7-8H2,1-3H3. The van der Waals surface area contributed by atoms with E-state index in [1.54, 1.807) is 27.2 Å². The van der Waals surface area contributed by atoms with Crippen molar-refractivity contribution in [1.82, 2.24) is 5.32 Å². The zero-order valence-corrected chi connectivity index (χ0v) is 10.9. The molecule has 1 N–H and O–H groups in total. The third-order valence-electron chi connectivity index (χ3n) is 2.79. The minimum atomic E-state index is -0.832. The third kappa shape index (κ3) is 4.01. The van der Waals surface area contributed by atoms with Gasteiger partial charge in [-0.1, -0.05) is 12.1 Å². The molecule has 0 spiro atoms. The number of benzene rings is 1. The van der Waals surface area contributed by atoms with Gasteiger partial charge >= 0.3 is 0 Å². The van der Waals surface area contributed by atoms with Crippen molar-refractivity contribution in [2.75, 3.05) is 27.4 Å². The van der Waals surface area contributed by atoms with Crippen LogP contribution in [0.1, 0.15) is 18.5 Å². The predicted molar refractivity (Wildman–Crippen MR) is 65.4 cm³/mol. The minimum absolute atomic E-state index is 0.117. The summed E-state index contributed by atoms with van der Waals surface area (Å²) in [6, 6.07) is 3.87. The Labute approximate surface area is 106 Å². The Morgan fingerprint density at radius 2 is 2.00 bits per heavy atom. The lowest BCUT2D eigenvalue weighted by atomic mass is 10.1. The molecule has 5 heteroatoms. The van der Waals surface area contributed by atoms with Crippen molar-refractivity contribution in [3.05, 3.63) is 35.4 Å². The van der Waals surface area contributed by atoms with Crippen LogP contribution in [0.5, 0.6) is 0 Å². The molecule has 0 aromatic heterocycles. The summed E-state index contributed by atoms with van der Waals surface area (Å²) in [5, 5.41) is 3.09. The monoisotopic (exact) mass is 259 g/mol.